The van der Waals surface area contributed by atoms with Crippen molar-refractivity contribution in [1.82, 2.24) is 5.32 Å². The minimum atomic E-state index is -0.305. The molecule has 0 aliphatic carbocycles. The van der Waals surface area contributed by atoms with Gasteiger partial charge in [-0.1, -0.05) is 19.1 Å². The van der Waals surface area contributed by atoms with Gasteiger partial charge in [-0.05, 0) is 26.0 Å². The van der Waals surface area contributed by atoms with Gasteiger partial charge in [0, 0.05) is 31.7 Å². The molecule has 0 saturated carbocycles. The van der Waals surface area contributed by atoms with Gasteiger partial charge in [0.25, 0.3) is 0 Å². The van der Waals surface area contributed by atoms with Crippen molar-refractivity contribution in [2.45, 2.75) is 32.7 Å². The van der Waals surface area contributed by atoms with Crippen LogP contribution in [0.25, 0.3) is 0 Å². The molecule has 0 radical (unpaired) electrons. The van der Waals surface area contributed by atoms with E-state index in [-0.39, 0.29) is 11.9 Å². The predicted molar refractivity (Wildman–Crippen MR) is 75.1 cm³/mol. The Morgan fingerprint density at radius 2 is 2.11 bits per heavy atom. The Morgan fingerprint density at radius 3 is 2.79 bits per heavy atom. The summed E-state index contributed by atoms with van der Waals surface area (Å²) in [6.07, 6.45) is 1.80. The second kappa shape index (κ2) is 8.88. The Hall–Kier alpha value is -1.13. The summed E-state index contributed by atoms with van der Waals surface area (Å²) < 4.78 is 24.4. The van der Waals surface area contributed by atoms with Crippen molar-refractivity contribution in [2.24, 2.45) is 0 Å². The molecule has 0 spiro atoms. The van der Waals surface area contributed by atoms with Crippen molar-refractivity contribution >= 4 is 0 Å². The summed E-state index contributed by atoms with van der Waals surface area (Å²) in [5.74, 6) is 0.0507. The average molecular weight is 269 g/mol. The van der Waals surface area contributed by atoms with Crippen LogP contribution >= 0.6 is 0 Å². The number of rotatable bonds is 9. The van der Waals surface area contributed by atoms with E-state index >= 15 is 0 Å². The second-order valence-corrected chi connectivity index (χ2v) is 4.53. The van der Waals surface area contributed by atoms with Crippen molar-refractivity contribution in [2.75, 3.05) is 26.9 Å². The minimum absolute atomic E-state index is 0.0769. The van der Waals surface area contributed by atoms with Crippen molar-refractivity contribution < 1.29 is 13.9 Å². The van der Waals surface area contributed by atoms with Crippen LogP contribution in [0.3, 0.4) is 0 Å². The van der Waals surface area contributed by atoms with E-state index in [2.05, 4.69) is 12.2 Å². The summed E-state index contributed by atoms with van der Waals surface area (Å²) in [6, 6.07) is 5.13. The zero-order valence-corrected chi connectivity index (χ0v) is 12.0. The highest BCUT2D eigenvalue weighted by atomic mass is 19.1. The molecule has 1 N–H and O–H groups in total. The molecule has 0 aromatic heterocycles. The van der Waals surface area contributed by atoms with Crippen LogP contribution in [0.4, 0.5) is 4.39 Å². The standard InChI is InChI=1S/C15H24FNO2/c1-4-9-17-12(2)13-7-5-8-14(16)15(13)19-11-6-10-18-3/h5,7-8,12,17H,4,6,9-11H2,1-3H3. The summed E-state index contributed by atoms with van der Waals surface area (Å²) in [5, 5.41) is 3.35. The number of nitrogens with one attached hydrogen (secondary N) is 1. The summed E-state index contributed by atoms with van der Waals surface area (Å²) >= 11 is 0. The largest absolute Gasteiger partial charge is 0.490 e. The molecule has 0 saturated heterocycles. The van der Waals surface area contributed by atoms with Gasteiger partial charge < -0.3 is 14.8 Å². The van der Waals surface area contributed by atoms with Crippen LogP contribution in [0.5, 0.6) is 5.75 Å². The van der Waals surface area contributed by atoms with Crippen LogP contribution < -0.4 is 10.1 Å². The predicted octanol–water partition coefficient (Wildman–Crippen LogP) is 3.30. The lowest BCUT2D eigenvalue weighted by Gasteiger charge is -2.18. The molecule has 1 rings (SSSR count). The summed E-state index contributed by atoms with van der Waals surface area (Å²) in [6.45, 7) is 6.11. The first kappa shape index (κ1) is 15.9. The molecule has 0 aliphatic rings. The topological polar surface area (TPSA) is 30.5 Å². The number of halogens is 1. The molecule has 0 aliphatic heterocycles. The highest BCUT2D eigenvalue weighted by Gasteiger charge is 2.14. The van der Waals surface area contributed by atoms with Crippen LogP contribution in [0.1, 0.15) is 38.3 Å². The van der Waals surface area contributed by atoms with Gasteiger partial charge in [0.15, 0.2) is 11.6 Å². The van der Waals surface area contributed by atoms with Crippen molar-refractivity contribution in [1.29, 1.82) is 0 Å². The first-order chi connectivity index (χ1) is 9.20. The number of hydrogen-bond acceptors (Lipinski definition) is 3. The highest BCUT2D eigenvalue weighted by Crippen LogP contribution is 2.28. The molecule has 0 bridgehead atoms. The Labute approximate surface area is 115 Å². The molecule has 1 atom stereocenters. The van der Waals surface area contributed by atoms with Crippen LogP contribution in [0.2, 0.25) is 0 Å². The number of ether oxygens (including phenoxy) is 2. The fourth-order valence-corrected chi connectivity index (χ4v) is 1.87. The minimum Gasteiger partial charge on any atom is -0.490 e. The highest BCUT2D eigenvalue weighted by molar-refractivity contribution is 5.37. The summed E-state index contributed by atoms with van der Waals surface area (Å²) in [7, 11) is 1.64. The maximum Gasteiger partial charge on any atom is 0.165 e. The first-order valence-corrected chi connectivity index (χ1v) is 6.84. The molecule has 0 amide bonds. The maximum absolute atomic E-state index is 13.9. The maximum atomic E-state index is 13.9. The van der Waals surface area contributed by atoms with Crippen LogP contribution in [-0.4, -0.2) is 26.9 Å². The molecular formula is C15H24FNO2. The average Bonchev–Trinajstić information content (AvgIpc) is 2.42. The molecule has 1 aromatic carbocycles. The van der Waals surface area contributed by atoms with Crippen LogP contribution in [-0.2, 0) is 4.74 Å². The zero-order chi connectivity index (χ0) is 14.1. The van der Waals surface area contributed by atoms with Crippen LogP contribution in [0.15, 0.2) is 18.2 Å². The summed E-state index contributed by atoms with van der Waals surface area (Å²) in [4.78, 5) is 0. The fourth-order valence-electron chi connectivity index (χ4n) is 1.87. The second-order valence-electron chi connectivity index (χ2n) is 4.53. The van der Waals surface area contributed by atoms with Gasteiger partial charge in [-0.25, -0.2) is 4.39 Å². The molecule has 1 unspecified atom stereocenters. The summed E-state index contributed by atoms with van der Waals surface area (Å²) in [5.41, 5.74) is 0.867. The Bertz CT molecular complexity index is 371. The van der Waals surface area contributed by atoms with Gasteiger partial charge in [0.2, 0.25) is 0 Å². The van der Waals surface area contributed by atoms with E-state index in [0.29, 0.717) is 19.0 Å². The van der Waals surface area contributed by atoms with Gasteiger partial charge in [0.05, 0.1) is 6.61 Å². The SMILES string of the molecule is CCCNC(C)c1cccc(F)c1OCCCOC. The van der Waals surface area contributed by atoms with Crippen molar-refractivity contribution in [3.05, 3.63) is 29.6 Å². The Balaban J connectivity index is 2.71. The van der Waals surface area contributed by atoms with Gasteiger partial charge >= 0.3 is 0 Å². The quantitative estimate of drug-likeness (QED) is 0.698. The van der Waals surface area contributed by atoms with E-state index in [0.717, 1.165) is 24.9 Å². The first-order valence-electron chi connectivity index (χ1n) is 6.84. The lowest BCUT2D eigenvalue weighted by Crippen LogP contribution is -2.20. The molecular weight excluding hydrogens is 245 g/mol. The van der Waals surface area contributed by atoms with Gasteiger partial charge in [-0.15, -0.1) is 0 Å². The number of methoxy groups -OCH3 is 1. The molecule has 108 valence electrons. The van der Waals surface area contributed by atoms with Gasteiger partial charge in [-0.3, -0.25) is 0 Å². The molecule has 0 heterocycles. The van der Waals surface area contributed by atoms with E-state index < -0.39 is 0 Å². The Kier molecular flexibility index (Phi) is 7.45. The molecule has 4 heteroatoms. The lowest BCUT2D eigenvalue weighted by atomic mass is 10.1. The third-order valence-electron chi connectivity index (χ3n) is 2.90. The van der Waals surface area contributed by atoms with Gasteiger partial charge in [0.1, 0.15) is 0 Å². The number of hydrogen-bond donors (Lipinski definition) is 1. The number of para-hydroxylation sites is 1. The molecule has 0 fully saturated rings. The third kappa shape index (κ3) is 5.17. The molecule has 3 nitrogen and oxygen atoms in total. The van der Waals surface area contributed by atoms with E-state index in [9.17, 15) is 4.39 Å². The van der Waals surface area contributed by atoms with E-state index in [1.165, 1.54) is 6.07 Å². The number of benzene rings is 1. The Morgan fingerprint density at radius 1 is 1.32 bits per heavy atom. The molecule has 19 heavy (non-hydrogen) atoms. The fraction of sp³-hybridized carbons (Fsp3) is 0.600. The normalized spacial score (nSPS) is 12.4. The van der Waals surface area contributed by atoms with E-state index in [1.54, 1.807) is 13.2 Å². The third-order valence-corrected chi connectivity index (χ3v) is 2.90. The van der Waals surface area contributed by atoms with E-state index in [1.807, 2.05) is 13.0 Å². The lowest BCUT2D eigenvalue weighted by molar-refractivity contribution is 0.170. The van der Waals surface area contributed by atoms with Crippen molar-refractivity contribution in [3.8, 4) is 5.75 Å². The monoisotopic (exact) mass is 269 g/mol. The zero-order valence-electron chi connectivity index (χ0n) is 12.0. The smallest absolute Gasteiger partial charge is 0.165 e. The van der Waals surface area contributed by atoms with Gasteiger partial charge in [-0.2, -0.15) is 0 Å². The van der Waals surface area contributed by atoms with E-state index in [4.69, 9.17) is 9.47 Å². The van der Waals surface area contributed by atoms with Crippen molar-refractivity contribution in [3.63, 3.8) is 0 Å². The molecule has 1 aromatic rings. The van der Waals surface area contributed by atoms with Crippen LogP contribution in [0, 0.1) is 5.82 Å².